The van der Waals surface area contributed by atoms with E-state index >= 15 is 0 Å². The molecule has 1 saturated heterocycles. The molecule has 1 fully saturated rings. The van der Waals surface area contributed by atoms with Crippen molar-refractivity contribution in [3.05, 3.63) is 42.9 Å². The molecule has 3 nitrogen and oxygen atoms in total. The van der Waals surface area contributed by atoms with Crippen LogP contribution in [0.1, 0.15) is 12.0 Å². The summed E-state index contributed by atoms with van der Waals surface area (Å²) in [4.78, 5) is 13.9. The van der Waals surface area contributed by atoms with E-state index in [0.717, 1.165) is 18.5 Å². The predicted molar refractivity (Wildman–Crippen MR) is 61.7 cm³/mol. The largest absolute Gasteiger partial charge is 0.468 e. The first-order valence-corrected chi connectivity index (χ1v) is 5.38. The number of benzene rings is 1. The molecule has 16 heavy (non-hydrogen) atoms. The zero-order valence-electron chi connectivity index (χ0n) is 9.48. The van der Waals surface area contributed by atoms with Gasteiger partial charge in [-0.25, -0.2) is 0 Å². The van der Waals surface area contributed by atoms with E-state index in [1.54, 1.807) is 0 Å². The Bertz CT molecular complexity index is 377. The van der Waals surface area contributed by atoms with Gasteiger partial charge in [0.15, 0.2) is 0 Å². The highest BCUT2D eigenvalue weighted by Gasteiger charge is 2.44. The quantitative estimate of drug-likeness (QED) is 0.557. The number of rotatable bonds is 2. The summed E-state index contributed by atoms with van der Waals surface area (Å²) in [5.74, 6) is -0.162. The third-order valence-electron chi connectivity index (χ3n) is 3.25. The van der Waals surface area contributed by atoms with Gasteiger partial charge in [-0.05, 0) is 25.1 Å². The number of ether oxygens (including phenoxy) is 1. The summed E-state index contributed by atoms with van der Waals surface area (Å²) < 4.78 is 4.95. The second kappa shape index (κ2) is 4.26. The molecule has 0 amide bonds. The molecule has 1 heterocycles. The zero-order valence-corrected chi connectivity index (χ0v) is 9.48. The lowest BCUT2D eigenvalue weighted by Gasteiger charge is -2.28. The van der Waals surface area contributed by atoms with Crippen LogP contribution in [0.25, 0.3) is 0 Å². The van der Waals surface area contributed by atoms with Crippen LogP contribution in [-0.4, -0.2) is 31.1 Å². The summed E-state index contributed by atoms with van der Waals surface area (Å²) >= 11 is 0. The molecule has 0 aromatic heterocycles. The first-order valence-electron chi connectivity index (χ1n) is 5.38. The van der Waals surface area contributed by atoms with Crippen LogP contribution >= 0.6 is 0 Å². The van der Waals surface area contributed by atoms with Gasteiger partial charge in [-0.1, -0.05) is 30.3 Å². The number of carbonyl (C=O) groups is 1. The van der Waals surface area contributed by atoms with E-state index in [1.165, 1.54) is 7.11 Å². The standard InChI is InChI=1S/C13H16NO2/c1-14-9-8-13(10-14,12(15)16-2)11-6-4-3-5-7-11/h3-7H,1,8-10H2,2H3/q-1. The summed E-state index contributed by atoms with van der Waals surface area (Å²) in [5, 5.41) is 0. The highest BCUT2D eigenvalue weighted by molar-refractivity contribution is 5.84. The topological polar surface area (TPSA) is 29.5 Å². The Labute approximate surface area is 96.0 Å². The van der Waals surface area contributed by atoms with Gasteiger partial charge in [-0.2, -0.15) is 0 Å². The van der Waals surface area contributed by atoms with Crippen molar-refractivity contribution in [2.75, 3.05) is 20.2 Å². The second-order valence-corrected chi connectivity index (χ2v) is 4.24. The van der Waals surface area contributed by atoms with Crippen molar-refractivity contribution in [3.8, 4) is 0 Å². The molecule has 86 valence electrons. The monoisotopic (exact) mass is 218 g/mol. The maximum absolute atomic E-state index is 12.0. The molecule has 1 aliphatic heterocycles. The van der Waals surface area contributed by atoms with Gasteiger partial charge >= 0.3 is 5.97 Å². The van der Waals surface area contributed by atoms with Gasteiger partial charge in [0, 0.05) is 0 Å². The first kappa shape index (κ1) is 11.1. The Morgan fingerprint density at radius 3 is 2.62 bits per heavy atom. The Morgan fingerprint density at radius 2 is 2.12 bits per heavy atom. The number of hydrogen-bond donors (Lipinski definition) is 0. The Hall–Kier alpha value is -1.35. The van der Waals surface area contributed by atoms with Crippen molar-refractivity contribution < 1.29 is 9.53 Å². The molecular formula is C13H16NO2-. The van der Waals surface area contributed by atoms with E-state index in [4.69, 9.17) is 4.74 Å². The van der Waals surface area contributed by atoms with Crippen LogP contribution in [0.3, 0.4) is 0 Å². The minimum atomic E-state index is -0.530. The Kier molecular flexibility index (Phi) is 2.97. The average Bonchev–Trinajstić information content (AvgIpc) is 2.73. The lowest BCUT2D eigenvalue weighted by molar-refractivity contribution is -0.147. The minimum absolute atomic E-state index is 0.162. The molecule has 0 saturated carbocycles. The molecule has 1 aromatic carbocycles. The zero-order chi connectivity index (χ0) is 11.6. The summed E-state index contributed by atoms with van der Waals surface area (Å²) in [6.07, 6.45) is 0.771. The van der Waals surface area contributed by atoms with Gasteiger partial charge in [0.1, 0.15) is 5.41 Å². The van der Waals surface area contributed by atoms with Crippen LogP contribution in [-0.2, 0) is 14.9 Å². The molecule has 3 heteroatoms. The van der Waals surface area contributed by atoms with Crippen LogP contribution in [0.4, 0.5) is 0 Å². The molecule has 1 aliphatic rings. The van der Waals surface area contributed by atoms with E-state index < -0.39 is 5.41 Å². The fraction of sp³-hybridized carbons (Fsp3) is 0.385. The fourth-order valence-electron chi connectivity index (χ4n) is 2.36. The van der Waals surface area contributed by atoms with E-state index in [0.29, 0.717) is 6.54 Å². The molecule has 1 atom stereocenters. The molecule has 0 aliphatic carbocycles. The van der Waals surface area contributed by atoms with Crippen LogP contribution in [0, 0.1) is 7.05 Å². The Balaban J connectivity index is 2.40. The van der Waals surface area contributed by atoms with Crippen molar-refractivity contribution in [1.29, 1.82) is 0 Å². The Morgan fingerprint density at radius 1 is 1.44 bits per heavy atom. The van der Waals surface area contributed by atoms with Crippen molar-refractivity contribution in [1.82, 2.24) is 4.90 Å². The first-order chi connectivity index (χ1) is 7.69. The highest BCUT2D eigenvalue weighted by atomic mass is 16.5. The summed E-state index contributed by atoms with van der Waals surface area (Å²) in [7, 11) is 5.34. The number of methoxy groups -OCH3 is 1. The van der Waals surface area contributed by atoms with Crippen molar-refractivity contribution in [2.45, 2.75) is 11.8 Å². The number of likely N-dealkylation sites (tertiary alicyclic amines) is 1. The van der Waals surface area contributed by atoms with Gasteiger partial charge in [-0.15, -0.1) is 0 Å². The maximum Gasteiger partial charge on any atom is 0.317 e. The summed E-state index contributed by atoms with van der Waals surface area (Å²) in [6.45, 7) is 1.45. The molecule has 0 bridgehead atoms. The maximum atomic E-state index is 12.0. The third-order valence-corrected chi connectivity index (χ3v) is 3.25. The minimum Gasteiger partial charge on any atom is -0.468 e. The van der Waals surface area contributed by atoms with Gasteiger partial charge in [0.25, 0.3) is 0 Å². The lowest BCUT2D eigenvalue weighted by Crippen LogP contribution is -2.39. The smallest absolute Gasteiger partial charge is 0.317 e. The van der Waals surface area contributed by atoms with Gasteiger partial charge in [0.05, 0.1) is 7.11 Å². The number of esters is 1. The van der Waals surface area contributed by atoms with Gasteiger partial charge in [-0.3, -0.25) is 11.8 Å². The van der Waals surface area contributed by atoms with Gasteiger partial charge in [0.2, 0.25) is 0 Å². The van der Waals surface area contributed by atoms with Crippen LogP contribution in [0.2, 0.25) is 0 Å². The molecule has 1 unspecified atom stereocenters. The number of nitrogens with zero attached hydrogens (tertiary/aromatic N) is 1. The third kappa shape index (κ3) is 1.71. The van der Waals surface area contributed by atoms with E-state index in [2.05, 4.69) is 7.05 Å². The molecule has 0 radical (unpaired) electrons. The second-order valence-electron chi connectivity index (χ2n) is 4.24. The highest BCUT2D eigenvalue weighted by Crippen LogP contribution is 2.35. The van der Waals surface area contributed by atoms with Gasteiger partial charge < -0.3 is 9.64 Å². The lowest BCUT2D eigenvalue weighted by atomic mass is 9.80. The SMILES string of the molecule is [CH2-]N1CCC(C(=O)OC)(c2ccccc2)C1. The van der Waals surface area contributed by atoms with E-state index in [1.807, 2.05) is 35.2 Å². The van der Waals surface area contributed by atoms with Crippen molar-refractivity contribution >= 4 is 5.97 Å². The van der Waals surface area contributed by atoms with E-state index in [9.17, 15) is 4.79 Å². The number of carbonyl (C=O) groups excluding carboxylic acids is 1. The van der Waals surface area contributed by atoms with Crippen molar-refractivity contribution in [3.63, 3.8) is 0 Å². The number of hydrogen-bond acceptors (Lipinski definition) is 3. The predicted octanol–water partition coefficient (Wildman–Crippen LogP) is 1.59. The van der Waals surface area contributed by atoms with E-state index in [-0.39, 0.29) is 5.97 Å². The van der Waals surface area contributed by atoms with Crippen molar-refractivity contribution in [2.24, 2.45) is 0 Å². The average molecular weight is 218 g/mol. The van der Waals surface area contributed by atoms with Crippen LogP contribution < -0.4 is 0 Å². The van der Waals surface area contributed by atoms with Crippen LogP contribution in [0.5, 0.6) is 0 Å². The molecular weight excluding hydrogens is 202 g/mol. The fourth-order valence-corrected chi connectivity index (χ4v) is 2.36. The molecule has 1 aromatic rings. The van der Waals surface area contributed by atoms with Crippen LogP contribution in [0.15, 0.2) is 30.3 Å². The summed E-state index contributed by atoms with van der Waals surface area (Å²) in [6, 6.07) is 9.81. The molecule has 0 N–H and O–H groups in total. The summed E-state index contributed by atoms with van der Waals surface area (Å²) in [5.41, 5.74) is 0.491. The molecule has 0 spiro atoms. The molecule has 2 rings (SSSR count). The normalized spacial score (nSPS) is 25.6.